The Morgan fingerprint density at radius 2 is 2.00 bits per heavy atom. The number of aromatic nitrogens is 1. The monoisotopic (exact) mass is 287 g/mol. The van der Waals surface area contributed by atoms with Crippen LogP contribution >= 0.6 is 0 Å². The summed E-state index contributed by atoms with van der Waals surface area (Å²) in [5.74, 6) is 0.873. The second-order valence-corrected chi connectivity index (χ2v) is 5.53. The first-order valence-corrected chi connectivity index (χ1v) is 7.34. The van der Waals surface area contributed by atoms with Gasteiger partial charge in [0.1, 0.15) is 0 Å². The van der Waals surface area contributed by atoms with Crippen LogP contribution in [0.25, 0.3) is 0 Å². The summed E-state index contributed by atoms with van der Waals surface area (Å²) in [6.45, 7) is 7.34. The first-order valence-electron chi connectivity index (χ1n) is 7.34. The normalized spacial score (nSPS) is 18.0. The van der Waals surface area contributed by atoms with Crippen molar-refractivity contribution < 1.29 is 4.52 Å². The average Bonchev–Trinajstić information content (AvgIpc) is 2.90. The molecule has 0 spiro atoms. The van der Waals surface area contributed by atoms with E-state index in [0.717, 1.165) is 50.7 Å². The lowest BCUT2D eigenvalue weighted by atomic mass is 10.0. The van der Waals surface area contributed by atoms with Crippen molar-refractivity contribution in [3.8, 4) is 12.1 Å². The number of hydrogen-bond donors (Lipinski definition) is 0. The zero-order chi connectivity index (χ0) is 15.1. The molecule has 0 amide bonds. The maximum atomic E-state index is 9.12. The summed E-state index contributed by atoms with van der Waals surface area (Å²) in [6.07, 6.45) is 1.13. The SMILES string of the molecule is Cc1cc(CN2CCN(C[C@H](C#N)CCC#N)CC2)on1. The molecule has 1 aliphatic rings. The molecule has 2 heterocycles. The molecule has 0 aliphatic carbocycles. The van der Waals surface area contributed by atoms with Gasteiger partial charge >= 0.3 is 0 Å². The third kappa shape index (κ3) is 4.86. The largest absolute Gasteiger partial charge is 0.360 e. The van der Waals surface area contributed by atoms with E-state index in [0.29, 0.717) is 12.8 Å². The highest BCUT2D eigenvalue weighted by Gasteiger charge is 2.20. The second kappa shape index (κ2) is 7.78. The number of nitrogens with zero attached hydrogens (tertiary/aromatic N) is 5. The van der Waals surface area contributed by atoms with E-state index in [1.165, 1.54) is 0 Å². The minimum atomic E-state index is -0.0341. The molecule has 1 fully saturated rings. The van der Waals surface area contributed by atoms with Gasteiger partial charge in [-0.3, -0.25) is 9.80 Å². The Morgan fingerprint density at radius 1 is 1.29 bits per heavy atom. The molecule has 0 N–H and O–H groups in total. The Kier molecular flexibility index (Phi) is 5.74. The predicted octanol–water partition coefficient (Wildman–Crippen LogP) is 1.54. The number of piperazine rings is 1. The predicted molar refractivity (Wildman–Crippen MR) is 76.9 cm³/mol. The first kappa shape index (κ1) is 15.5. The molecule has 21 heavy (non-hydrogen) atoms. The number of rotatable bonds is 6. The van der Waals surface area contributed by atoms with Crippen molar-refractivity contribution in [1.82, 2.24) is 15.0 Å². The van der Waals surface area contributed by atoms with Gasteiger partial charge in [0.25, 0.3) is 0 Å². The third-order valence-electron chi connectivity index (χ3n) is 3.79. The molecule has 0 unspecified atom stereocenters. The third-order valence-corrected chi connectivity index (χ3v) is 3.79. The van der Waals surface area contributed by atoms with Gasteiger partial charge in [0.2, 0.25) is 0 Å². The lowest BCUT2D eigenvalue weighted by Gasteiger charge is -2.34. The lowest BCUT2D eigenvalue weighted by Crippen LogP contribution is -2.47. The van der Waals surface area contributed by atoms with E-state index in [4.69, 9.17) is 15.0 Å². The summed E-state index contributed by atoms with van der Waals surface area (Å²) in [4.78, 5) is 4.65. The van der Waals surface area contributed by atoms with Gasteiger partial charge in [-0.25, -0.2) is 0 Å². The summed E-state index contributed by atoms with van der Waals surface area (Å²) >= 11 is 0. The lowest BCUT2D eigenvalue weighted by molar-refractivity contribution is 0.111. The second-order valence-electron chi connectivity index (χ2n) is 5.53. The van der Waals surface area contributed by atoms with E-state index in [2.05, 4.69) is 27.1 Å². The van der Waals surface area contributed by atoms with Crippen LogP contribution in [0.3, 0.4) is 0 Å². The standard InChI is InChI=1S/C15H21N5O/c1-13-9-15(21-18-13)12-20-7-5-19(6-8-20)11-14(10-17)3-2-4-16/h9,14H,2-3,5-8,11-12H2,1H3/t14-/m0/s1. The molecule has 0 aromatic carbocycles. The molecule has 1 atom stereocenters. The fourth-order valence-corrected chi connectivity index (χ4v) is 2.59. The van der Waals surface area contributed by atoms with E-state index in [1.54, 1.807) is 0 Å². The summed E-state index contributed by atoms with van der Waals surface area (Å²) in [6, 6.07) is 6.39. The fourth-order valence-electron chi connectivity index (χ4n) is 2.59. The zero-order valence-corrected chi connectivity index (χ0v) is 12.5. The Morgan fingerprint density at radius 3 is 2.57 bits per heavy atom. The smallest absolute Gasteiger partial charge is 0.150 e. The van der Waals surface area contributed by atoms with E-state index >= 15 is 0 Å². The van der Waals surface area contributed by atoms with Crippen LogP contribution < -0.4 is 0 Å². The molecular formula is C15H21N5O. The van der Waals surface area contributed by atoms with Crippen LogP contribution in [0.1, 0.15) is 24.3 Å². The quantitative estimate of drug-likeness (QED) is 0.789. The summed E-state index contributed by atoms with van der Waals surface area (Å²) in [7, 11) is 0. The van der Waals surface area contributed by atoms with Gasteiger partial charge < -0.3 is 4.52 Å². The van der Waals surface area contributed by atoms with Crippen molar-refractivity contribution in [2.24, 2.45) is 5.92 Å². The van der Waals surface area contributed by atoms with Crippen LogP contribution in [-0.4, -0.2) is 47.7 Å². The van der Waals surface area contributed by atoms with Crippen molar-refractivity contribution >= 4 is 0 Å². The molecule has 6 heteroatoms. The molecule has 0 saturated carbocycles. The topological polar surface area (TPSA) is 80.1 Å². The summed E-state index contributed by atoms with van der Waals surface area (Å²) in [5, 5.41) is 21.6. The molecule has 1 aromatic heterocycles. The minimum absolute atomic E-state index is 0.0341. The van der Waals surface area contributed by atoms with Gasteiger partial charge in [-0.1, -0.05) is 5.16 Å². The van der Waals surface area contributed by atoms with E-state index in [-0.39, 0.29) is 5.92 Å². The number of nitriles is 2. The molecule has 112 valence electrons. The van der Waals surface area contributed by atoms with E-state index in [9.17, 15) is 0 Å². The van der Waals surface area contributed by atoms with Gasteiger partial charge in [0.05, 0.1) is 30.3 Å². The van der Waals surface area contributed by atoms with Crippen molar-refractivity contribution in [3.05, 3.63) is 17.5 Å². The zero-order valence-electron chi connectivity index (χ0n) is 12.5. The van der Waals surface area contributed by atoms with Crippen molar-refractivity contribution in [2.75, 3.05) is 32.7 Å². The van der Waals surface area contributed by atoms with Gasteiger partial charge in [-0.15, -0.1) is 0 Å². The summed E-state index contributed by atoms with van der Waals surface area (Å²) < 4.78 is 5.24. The fraction of sp³-hybridized carbons (Fsp3) is 0.667. The molecule has 6 nitrogen and oxygen atoms in total. The van der Waals surface area contributed by atoms with Gasteiger partial charge in [0.15, 0.2) is 5.76 Å². The average molecular weight is 287 g/mol. The Hall–Kier alpha value is -1.89. The molecule has 2 rings (SSSR count). The molecule has 0 radical (unpaired) electrons. The molecule has 1 aromatic rings. The van der Waals surface area contributed by atoms with Crippen LogP contribution in [0, 0.1) is 35.5 Å². The van der Waals surface area contributed by atoms with Crippen LogP contribution in [0.4, 0.5) is 0 Å². The molecule has 0 bridgehead atoms. The molecule has 1 saturated heterocycles. The number of aryl methyl sites for hydroxylation is 1. The number of hydrogen-bond acceptors (Lipinski definition) is 6. The highest BCUT2D eigenvalue weighted by molar-refractivity contribution is 5.03. The van der Waals surface area contributed by atoms with Crippen molar-refractivity contribution in [3.63, 3.8) is 0 Å². The van der Waals surface area contributed by atoms with Crippen molar-refractivity contribution in [2.45, 2.75) is 26.3 Å². The van der Waals surface area contributed by atoms with Gasteiger partial charge in [-0.05, 0) is 13.3 Å². The van der Waals surface area contributed by atoms with E-state index in [1.807, 2.05) is 13.0 Å². The maximum Gasteiger partial charge on any atom is 0.150 e. The Labute approximate surface area is 125 Å². The first-order chi connectivity index (χ1) is 10.2. The van der Waals surface area contributed by atoms with E-state index < -0.39 is 0 Å². The van der Waals surface area contributed by atoms with Crippen LogP contribution in [0.5, 0.6) is 0 Å². The Bertz CT molecular complexity index is 519. The van der Waals surface area contributed by atoms with Gasteiger partial charge in [0, 0.05) is 45.2 Å². The summed E-state index contributed by atoms with van der Waals surface area (Å²) in [5.41, 5.74) is 0.915. The molecule has 1 aliphatic heterocycles. The Balaban J connectivity index is 1.73. The molecular weight excluding hydrogens is 266 g/mol. The highest BCUT2D eigenvalue weighted by atomic mass is 16.5. The maximum absolute atomic E-state index is 9.12. The van der Waals surface area contributed by atoms with Crippen LogP contribution in [0.2, 0.25) is 0 Å². The van der Waals surface area contributed by atoms with Crippen LogP contribution in [0.15, 0.2) is 10.6 Å². The van der Waals surface area contributed by atoms with Crippen LogP contribution in [-0.2, 0) is 6.54 Å². The van der Waals surface area contributed by atoms with Crippen molar-refractivity contribution in [1.29, 1.82) is 10.5 Å². The van der Waals surface area contributed by atoms with Gasteiger partial charge in [-0.2, -0.15) is 10.5 Å². The minimum Gasteiger partial charge on any atom is -0.360 e. The highest BCUT2D eigenvalue weighted by Crippen LogP contribution is 2.12.